The van der Waals surface area contributed by atoms with Crippen molar-refractivity contribution < 1.29 is 28.6 Å². The van der Waals surface area contributed by atoms with Crippen molar-refractivity contribution in [2.24, 2.45) is 0 Å². The van der Waals surface area contributed by atoms with Crippen LogP contribution in [0.1, 0.15) is 21.7 Å². The van der Waals surface area contributed by atoms with Crippen molar-refractivity contribution in [1.82, 2.24) is 4.90 Å². The van der Waals surface area contributed by atoms with Gasteiger partial charge in [-0.05, 0) is 66.1 Å². The number of phenolic OH excluding ortho intramolecular Hbond substituents is 1. The van der Waals surface area contributed by atoms with E-state index in [9.17, 15) is 14.7 Å². The molecule has 0 aliphatic carbocycles. The number of rotatable bonds is 6. The van der Waals surface area contributed by atoms with Gasteiger partial charge in [0, 0.05) is 36.7 Å². The summed E-state index contributed by atoms with van der Waals surface area (Å²) < 4.78 is 17.2. The molecule has 7 heteroatoms. The second kappa shape index (κ2) is 9.02. The first-order valence-electron chi connectivity index (χ1n) is 11.1. The molecule has 0 fully saturated rings. The van der Waals surface area contributed by atoms with Gasteiger partial charge in [0.25, 0.3) is 5.91 Å². The Morgan fingerprint density at radius 2 is 1.77 bits per heavy atom. The van der Waals surface area contributed by atoms with Gasteiger partial charge in [-0.15, -0.1) is 0 Å². The summed E-state index contributed by atoms with van der Waals surface area (Å²) in [7, 11) is 3.32. The number of carbonyl (C=O) groups excluding carboxylic acids is 2. The topological polar surface area (TPSA) is 89.2 Å². The molecule has 1 aliphatic rings. The van der Waals surface area contributed by atoms with Crippen molar-refractivity contribution in [2.75, 3.05) is 20.7 Å². The average molecular weight is 469 g/mol. The van der Waals surface area contributed by atoms with Crippen LogP contribution in [0.4, 0.5) is 0 Å². The summed E-state index contributed by atoms with van der Waals surface area (Å²) >= 11 is 0. The molecule has 1 aromatic heterocycles. The van der Waals surface area contributed by atoms with Gasteiger partial charge in [0.2, 0.25) is 5.78 Å². The Labute approximate surface area is 201 Å². The Morgan fingerprint density at radius 3 is 2.49 bits per heavy atom. The van der Waals surface area contributed by atoms with Gasteiger partial charge in [-0.2, -0.15) is 0 Å². The van der Waals surface area contributed by atoms with Gasteiger partial charge in [-0.1, -0.05) is 12.1 Å². The summed E-state index contributed by atoms with van der Waals surface area (Å²) in [5.74, 6) is 1.05. The van der Waals surface area contributed by atoms with Gasteiger partial charge in [0.15, 0.2) is 12.4 Å². The molecule has 0 unspecified atom stereocenters. The molecule has 0 saturated carbocycles. The van der Waals surface area contributed by atoms with Crippen LogP contribution in [0.15, 0.2) is 77.4 Å². The van der Waals surface area contributed by atoms with E-state index in [1.54, 1.807) is 75.0 Å². The fourth-order valence-electron chi connectivity index (χ4n) is 3.92. The van der Waals surface area contributed by atoms with Crippen molar-refractivity contribution in [2.45, 2.75) is 6.42 Å². The van der Waals surface area contributed by atoms with E-state index >= 15 is 0 Å². The van der Waals surface area contributed by atoms with Crippen LogP contribution in [-0.2, 0) is 11.2 Å². The highest BCUT2D eigenvalue weighted by Gasteiger charge is 2.25. The molecule has 0 atom stereocenters. The maximum Gasteiger partial charge on any atom is 0.259 e. The van der Waals surface area contributed by atoms with E-state index in [4.69, 9.17) is 13.9 Å². The second-order valence-corrected chi connectivity index (χ2v) is 8.43. The van der Waals surface area contributed by atoms with E-state index < -0.39 is 0 Å². The van der Waals surface area contributed by atoms with Gasteiger partial charge in [0.05, 0.1) is 6.26 Å². The summed E-state index contributed by atoms with van der Waals surface area (Å²) in [5.41, 5.74) is 3.35. The Morgan fingerprint density at radius 1 is 1.03 bits per heavy atom. The Hall–Kier alpha value is -4.52. The summed E-state index contributed by atoms with van der Waals surface area (Å²) in [6.07, 6.45) is 4.28. The monoisotopic (exact) mass is 469 g/mol. The predicted octanol–water partition coefficient (Wildman–Crippen LogP) is 4.95. The van der Waals surface area contributed by atoms with E-state index in [1.807, 2.05) is 12.1 Å². The summed E-state index contributed by atoms with van der Waals surface area (Å²) in [6.45, 7) is -0.0868. The second-order valence-electron chi connectivity index (χ2n) is 8.43. The number of benzene rings is 3. The molecule has 0 spiro atoms. The molecule has 0 saturated heterocycles. The Bertz CT molecular complexity index is 1450. The zero-order valence-electron chi connectivity index (χ0n) is 19.3. The molecule has 1 aliphatic heterocycles. The third kappa shape index (κ3) is 4.36. The van der Waals surface area contributed by atoms with Crippen molar-refractivity contribution in [3.63, 3.8) is 0 Å². The molecule has 2 heterocycles. The van der Waals surface area contributed by atoms with Gasteiger partial charge < -0.3 is 23.9 Å². The first kappa shape index (κ1) is 22.3. The Balaban J connectivity index is 1.54. The highest BCUT2D eigenvalue weighted by Crippen LogP contribution is 2.40. The van der Waals surface area contributed by atoms with Crippen LogP contribution in [-0.4, -0.2) is 42.4 Å². The smallest absolute Gasteiger partial charge is 0.259 e. The molecule has 3 aromatic carbocycles. The lowest BCUT2D eigenvalue weighted by Gasteiger charge is -2.11. The molecular formula is C28H23NO6. The molecule has 7 nitrogen and oxygen atoms in total. The molecule has 1 N–H and O–H groups in total. The van der Waals surface area contributed by atoms with E-state index in [0.717, 1.165) is 16.5 Å². The number of allylic oxidation sites excluding steroid dienone is 1. The lowest BCUT2D eigenvalue weighted by molar-refractivity contribution is -0.130. The van der Waals surface area contributed by atoms with E-state index in [-0.39, 0.29) is 29.8 Å². The number of fused-ring (bicyclic) bond motifs is 2. The quantitative estimate of drug-likeness (QED) is 0.402. The fourth-order valence-corrected chi connectivity index (χ4v) is 3.92. The number of ether oxygens (including phenoxy) is 2. The summed E-state index contributed by atoms with van der Waals surface area (Å²) in [6, 6.07) is 17.0. The van der Waals surface area contributed by atoms with Crippen LogP contribution in [0.5, 0.6) is 17.2 Å². The van der Waals surface area contributed by atoms with Crippen LogP contribution in [0, 0.1) is 0 Å². The highest BCUT2D eigenvalue weighted by atomic mass is 16.5. The van der Waals surface area contributed by atoms with Gasteiger partial charge in [-0.3, -0.25) is 9.59 Å². The third-order valence-electron chi connectivity index (χ3n) is 5.84. The molecule has 5 rings (SSSR count). The van der Waals surface area contributed by atoms with Crippen LogP contribution in [0.2, 0.25) is 0 Å². The summed E-state index contributed by atoms with van der Waals surface area (Å²) in [5, 5.41) is 10.6. The maximum atomic E-state index is 13.6. The normalized spacial score (nSPS) is 12.2. The number of hydrogen-bond donors (Lipinski definition) is 1. The number of carbonyl (C=O) groups is 2. The minimum atomic E-state index is -0.294. The van der Waals surface area contributed by atoms with E-state index in [0.29, 0.717) is 34.6 Å². The van der Waals surface area contributed by atoms with Gasteiger partial charge in [0.1, 0.15) is 22.8 Å². The number of aromatic hydroxyl groups is 1. The molecule has 1 amide bonds. The van der Waals surface area contributed by atoms with Crippen molar-refractivity contribution in [3.8, 4) is 28.4 Å². The predicted molar refractivity (Wildman–Crippen MR) is 131 cm³/mol. The van der Waals surface area contributed by atoms with Gasteiger partial charge in [-0.25, -0.2) is 0 Å². The lowest BCUT2D eigenvalue weighted by atomic mass is 9.96. The number of phenols is 1. The van der Waals surface area contributed by atoms with Crippen molar-refractivity contribution in [1.29, 1.82) is 0 Å². The van der Waals surface area contributed by atoms with Crippen molar-refractivity contribution >= 4 is 22.7 Å². The number of furan rings is 1. The minimum absolute atomic E-state index is 0.0868. The van der Waals surface area contributed by atoms with Gasteiger partial charge >= 0.3 is 0 Å². The van der Waals surface area contributed by atoms with Crippen LogP contribution in [0.3, 0.4) is 0 Å². The number of nitrogens with zero attached hydrogens (tertiary/aromatic N) is 1. The first-order chi connectivity index (χ1) is 16.9. The summed E-state index contributed by atoms with van der Waals surface area (Å²) in [4.78, 5) is 26.8. The number of hydrogen-bond acceptors (Lipinski definition) is 6. The zero-order chi connectivity index (χ0) is 24.5. The number of likely N-dealkylation sites (N-methyl/N-ethyl adjacent to an activating group) is 1. The van der Waals surface area contributed by atoms with Crippen LogP contribution < -0.4 is 9.47 Å². The lowest BCUT2D eigenvalue weighted by Crippen LogP contribution is -2.27. The number of amides is 1. The first-order valence-corrected chi connectivity index (χ1v) is 11.1. The largest absolute Gasteiger partial charge is 0.508 e. The zero-order valence-corrected chi connectivity index (χ0v) is 19.3. The average Bonchev–Trinajstić information content (AvgIpc) is 3.24. The Kier molecular flexibility index (Phi) is 5.74. The third-order valence-corrected chi connectivity index (χ3v) is 5.84. The SMILES string of the molecule is CN(C)C(=O)COc1ccc(C(=O)c2oc3cc4c(cc3c2-c2ccc(O)cc2)CC=CO4)cc1. The molecule has 176 valence electrons. The molecule has 0 radical (unpaired) electrons. The van der Waals surface area contributed by atoms with E-state index in [2.05, 4.69) is 0 Å². The molecular weight excluding hydrogens is 446 g/mol. The fraction of sp³-hybridized carbons (Fsp3) is 0.143. The van der Waals surface area contributed by atoms with E-state index in [1.165, 1.54) is 4.90 Å². The standard InChI is InChI=1S/C28H23NO6/c1-29(2)25(31)16-34-21-11-7-18(8-12-21)27(32)28-26(17-5-9-20(30)10-6-17)22-14-19-4-3-13-33-23(19)15-24(22)35-28/h3,5-15,30H,4,16H2,1-2H3. The number of ketones is 1. The van der Waals surface area contributed by atoms with Crippen LogP contribution >= 0.6 is 0 Å². The molecule has 4 aromatic rings. The maximum absolute atomic E-state index is 13.6. The minimum Gasteiger partial charge on any atom is -0.508 e. The van der Waals surface area contributed by atoms with Crippen molar-refractivity contribution in [3.05, 3.63) is 89.9 Å². The highest BCUT2D eigenvalue weighted by molar-refractivity contribution is 6.16. The molecule has 0 bridgehead atoms. The molecule has 35 heavy (non-hydrogen) atoms. The van der Waals surface area contributed by atoms with Crippen LogP contribution in [0.25, 0.3) is 22.1 Å².